The van der Waals surface area contributed by atoms with Gasteiger partial charge in [-0.25, -0.2) is 4.68 Å². The summed E-state index contributed by atoms with van der Waals surface area (Å²) in [5.74, 6) is 0.633. The van der Waals surface area contributed by atoms with Gasteiger partial charge in [0.2, 0.25) is 5.91 Å². The monoisotopic (exact) mass is 383 g/mol. The third-order valence-electron chi connectivity index (χ3n) is 3.91. The molecule has 0 spiro atoms. The zero-order chi connectivity index (χ0) is 19.4. The maximum absolute atomic E-state index is 12.2. The summed E-state index contributed by atoms with van der Waals surface area (Å²) in [5, 5.41) is 12.1. The smallest absolute Gasteiger partial charge is 0.249 e. The molecule has 3 rings (SSSR count). The van der Waals surface area contributed by atoms with E-state index in [1.165, 1.54) is 6.08 Å². The normalized spacial score (nSPS) is 11.4. The highest BCUT2D eigenvalue weighted by Crippen LogP contribution is 2.22. The number of carbonyl (C=O) groups excluding carboxylic acids is 1. The molecular weight excluding hydrogens is 362 g/mol. The number of hydrogen-bond acceptors (Lipinski definition) is 3. The molecule has 1 amide bonds. The van der Waals surface area contributed by atoms with Gasteiger partial charge in [0, 0.05) is 30.4 Å². The molecule has 0 radical (unpaired) electrons. The lowest BCUT2D eigenvalue weighted by Crippen LogP contribution is -2.09. The van der Waals surface area contributed by atoms with Crippen molar-refractivity contribution in [3.05, 3.63) is 65.1 Å². The van der Waals surface area contributed by atoms with Crippen LogP contribution >= 0.6 is 11.6 Å². The van der Waals surface area contributed by atoms with Crippen molar-refractivity contribution in [1.29, 1.82) is 0 Å². The van der Waals surface area contributed by atoms with Crippen LogP contribution in [0.15, 0.2) is 48.7 Å². The lowest BCUT2D eigenvalue weighted by molar-refractivity contribution is -0.111. The molecule has 7 heteroatoms. The maximum Gasteiger partial charge on any atom is 0.249 e. The first kappa shape index (κ1) is 18.9. The molecule has 1 aromatic carbocycles. The fourth-order valence-corrected chi connectivity index (χ4v) is 2.97. The van der Waals surface area contributed by atoms with Gasteiger partial charge in [0.15, 0.2) is 5.82 Å². The van der Waals surface area contributed by atoms with Crippen molar-refractivity contribution in [3.8, 4) is 5.69 Å². The summed E-state index contributed by atoms with van der Waals surface area (Å²) in [5.41, 5.74) is 2.47. The van der Waals surface area contributed by atoms with Crippen molar-refractivity contribution in [2.75, 3.05) is 5.32 Å². The minimum absolute atomic E-state index is 0.277. The molecular formula is C20H22ClN5O. The predicted molar refractivity (Wildman–Crippen MR) is 108 cm³/mol. The van der Waals surface area contributed by atoms with E-state index in [1.54, 1.807) is 27.7 Å². The zero-order valence-corrected chi connectivity index (χ0v) is 16.3. The molecule has 2 heterocycles. The Morgan fingerprint density at radius 2 is 1.96 bits per heavy atom. The van der Waals surface area contributed by atoms with Crippen LogP contribution in [0.1, 0.15) is 25.1 Å². The average molecular weight is 384 g/mol. The third kappa shape index (κ3) is 4.65. The summed E-state index contributed by atoms with van der Waals surface area (Å²) in [7, 11) is 0. The van der Waals surface area contributed by atoms with E-state index in [4.69, 9.17) is 11.6 Å². The summed E-state index contributed by atoms with van der Waals surface area (Å²) >= 11 is 6.39. The number of benzene rings is 1. The molecule has 0 aliphatic rings. The summed E-state index contributed by atoms with van der Waals surface area (Å²) in [6.45, 7) is 6.81. The number of nitrogens with zero attached hydrogens (tertiary/aromatic N) is 4. The molecule has 140 valence electrons. The Hall–Kier alpha value is -2.86. The molecule has 0 unspecified atom stereocenters. The topological polar surface area (TPSA) is 64.7 Å². The van der Waals surface area contributed by atoms with Crippen molar-refractivity contribution >= 4 is 29.4 Å². The maximum atomic E-state index is 12.2. The minimum atomic E-state index is -0.277. The van der Waals surface area contributed by atoms with Crippen molar-refractivity contribution in [3.63, 3.8) is 0 Å². The molecule has 0 fully saturated rings. The molecule has 0 bridgehead atoms. The van der Waals surface area contributed by atoms with E-state index in [-0.39, 0.29) is 5.91 Å². The van der Waals surface area contributed by atoms with Crippen molar-refractivity contribution in [1.82, 2.24) is 19.6 Å². The number of amides is 1. The molecule has 3 aromatic rings. The van der Waals surface area contributed by atoms with E-state index in [0.717, 1.165) is 23.5 Å². The second-order valence-electron chi connectivity index (χ2n) is 6.67. The van der Waals surface area contributed by atoms with Crippen LogP contribution in [0.5, 0.6) is 0 Å². The van der Waals surface area contributed by atoms with E-state index in [9.17, 15) is 4.79 Å². The van der Waals surface area contributed by atoms with Crippen LogP contribution in [-0.4, -0.2) is 25.5 Å². The van der Waals surface area contributed by atoms with Crippen molar-refractivity contribution in [2.24, 2.45) is 5.92 Å². The molecule has 1 N–H and O–H groups in total. The second kappa shape index (κ2) is 8.22. The number of hydrogen-bond donors (Lipinski definition) is 1. The molecule has 2 aromatic heterocycles. The number of nitrogens with one attached hydrogen (secondary N) is 1. The van der Waals surface area contributed by atoms with E-state index in [1.807, 2.05) is 37.3 Å². The molecule has 0 aliphatic heterocycles. The van der Waals surface area contributed by atoms with Crippen LogP contribution in [0.2, 0.25) is 5.15 Å². The van der Waals surface area contributed by atoms with Crippen LogP contribution in [-0.2, 0) is 11.3 Å². The van der Waals surface area contributed by atoms with E-state index in [0.29, 0.717) is 16.9 Å². The van der Waals surface area contributed by atoms with E-state index in [2.05, 4.69) is 29.4 Å². The molecule has 0 saturated carbocycles. The van der Waals surface area contributed by atoms with Gasteiger partial charge in [-0.15, -0.1) is 0 Å². The van der Waals surface area contributed by atoms with Gasteiger partial charge >= 0.3 is 0 Å². The summed E-state index contributed by atoms with van der Waals surface area (Å²) in [6.07, 6.45) is 4.92. The quantitative estimate of drug-likeness (QED) is 0.644. The summed E-state index contributed by atoms with van der Waals surface area (Å²) in [6, 6.07) is 11.4. The Morgan fingerprint density at radius 3 is 2.67 bits per heavy atom. The first-order chi connectivity index (χ1) is 12.9. The standard InChI is InChI=1S/C20H22ClN5O/c1-14(2)13-26-20(21)17(15(3)23-26)9-10-19(27)22-18-11-12-25(24-18)16-7-5-4-6-8-16/h4-12,14H,13H2,1-3H3,(H,22,24,27)/b10-9+. The van der Waals surface area contributed by atoms with Gasteiger partial charge in [-0.2, -0.15) is 10.2 Å². The lowest BCUT2D eigenvalue weighted by atomic mass is 10.2. The Labute approximate surface area is 163 Å². The first-order valence-electron chi connectivity index (χ1n) is 8.77. The molecule has 6 nitrogen and oxygen atoms in total. The Balaban J connectivity index is 1.68. The number of carbonyl (C=O) groups is 1. The second-order valence-corrected chi connectivity index (χ2v) is 7.03. The predicted octanol–water partition coefficient (Wildman–Crippen LogP) is 4.34. The Morgan fingerprint density at radius 1 is 1.22 bits per heavy atom. The Kier molecular flexibility index (Phi) is 5.76. The van der Waals surface area contributed by atoms with Gasteiger partial charge in [-0.1, -0.05) is 43.6 Å². The summed E-state index contributed by atoms with van der Waals surface area (Å²) in [4.78, 5) is 12.2. The fourth-order valence-electron chi connectivity index (χ4n) is 2.67. The van der Waals surface area contributed by atoms with Gasteiger partial charge in [-0.05, 0) is 31.1 Å². The summed E-state index contributed by atoms with van der Waals surface area (Å²) < 4.78 is 3.47. The van der Waals surface area contributed by atoms with Crippen molar-refractivity contribution < 1.29 is 4.79 Å². The number of aromatic nitrogens is 4. The molecule has 0 aliphatic carbocycles. The van der Waals surface area contributed by atoms with E-state index >= 15 is 0 Å². The minimum Gasteiger partial charge on any atom is -0.306 e. The number of anilines is 1. The average Bonchev–Trinajstić information content (AvgIpc) is 3.19. The highest BCUT2D eigenvalue weighted by atomic mass is 35.5. The van der Waals surface area contributed by atoms with Gasteiger partial charge in [0.25, 0.3) is 0 Å². The SMILES string of the molecule is Cc1nn(CC(C)C)c(Cl)c1/C=C/C(=O)Nc1ccn(-c2ccccc2)n1. The number of para-hydroxylation sites is 1. The van der Waals surface area contributed by atoms with Crippen LogP contribution in [0.3, 0.4) is 0 Å². The lowest BCUT2D eigenvalue weighted by Gasteiger charge is -2.05. The van der Waals surface area contributed by atoms with Gasteiger partial charge < -0.3 is 5.32 Å². The van der Waals surface area contributed by atoms with Crippen LogP contribution in [0, 0.1) is 12.8 Å². The third-order valence-corrected chi connectivity index (χ3v) is 4.31. The highest BCUT2D eigenvalue weighted by molar-refractivity contribution is 6.31. The number of aryl methyl sites for hydroxylation is 1. The highest BCUT2D eigenvalue weighted by Gasteiger charge is 2.12. The largest absolute Gasteiger partial charge is 0.306 e. The van der Waals surface area contributed by atoms with E-state index < -0.39 is 0 Å². The molecule has 27 heavy (non-hydrogen) atoms. The fraction of sp³-hybridized carbons (Fsp3) is 0.250. The zero-order valence-electron chi connectivity index (χ0n) is 15.6. The van der Waals surface area contributed by atoms with Gasteiger partial charge in [-0.3, -0.25) is 9.48 Å². The van der Waals surface area contributed by atoms with Crippen molar-refractivity contribution in [2.45, 2.75) is 27.3 Å². The van der Waals surface area contributed by atoms with Crippen LogP contribution in [0.4, 0.5) is 5.82 Å². The van der Waals surface area contributed by atoms with Crippen LogP contribution in [0.25, 0.3) is 11.8 Å². The van der Waals surface area contributed by atoms with Crippen LogP contribution < -0.4 is 5.32 Å². The van der Waals surface area contributed by atoms with Gasteiger partial charge in [0.1, 0.15) is 5.15 Å². The number of rotatable bonds is 6. The van der Waals surface area contributed by atoms with Gasteiger partial charge in [0.05, 0.1) is 11.4 Å². The molecule has 0 atom stereocenters. The Bertz CT molecular complexity index is 956. The molecule has 0 saturated heterocycles. The first-order valence-corrected chi connectivity index (χ1v) is 9.15. The number of halogens is 1.